The Morgan fingerprint density at radius 1 is 0.702 bits per heavy atom. The zero-order valence-corrected chi connectivity index (χ0v) is 27.0. The van der Waals surface area contributed by atoms with Crippen LogP contribution >= 0.6 is 0 Å². The zero-order chi connectivity index (χ0) is 34.2. The molecule has 0 aromatic heterocycles. The summed E-state index contributed by atoms with van der Waals surface area (Å²) in [4.78, 5) is 72.8. The number of carbonyl (C=O) groups excluding carboxylic acids is 4. The Morgan fingerprint density at radius 3 is 1.36 bits per heavy atom. The number of esters is 2. The van der Waals surface area contributed by atoms with Gasteiger partial charge in [0.1, 0.15) is 19.8 Å². The van der Waals surface area contributed by atoms with Gasteiger partial charge in [0, 0.05) is 7.85 Å². The van der Waals surface area contributed by atoms with Gasteiger partial charge in [-0.2, -0.15) is 0 Å². The molecule has 2 aliphatic rings. The van der Waals surface area contributed by atoms with Crippen molar-refractivity contribution in [1.82, 2.24) is 5.32 Å². The highest BCUT2D eigenvalue weighted by atomic mass is 16.5. The highest BCUT2D eigenvalue weighted by molar-refractivity contribution is 6.36. The van der Waals surface area contributed by atoms with Crippen molar-refractivity contribution >= 4 is 47.4 Å². The standard InChI is InChI=1S/C15H25NO6.C6H8N2O2.2C4H8O2.3CH4.H2/c1-10(2)14(19)21-8-5-6-12(17)13(18)16-7-9-22-15(20)11(3)4;1-3-9-5(7-1)6-8-2-4-10-6;2*1-3(2)4(5)6;;;;/h10-11H,5-9H2,1-4H3,(H,16,18);1-4H2;2*3H,1-2H3,(H,5,6);3*1H4;1H/i;;;;;;;1+1. The highest BCUT2D eigenvalue weighted by Gasteiger charge is 2.19. The summed E-state index contributed by atoms with van der Waals surface area (Å²) >= 11 is 0. The van der Waals surface area contributed by atoms with E-state index in [2.05, 4.69) is 15.3 Å². The first-order valence-corrected chi connectivity index (χ1v) is 14.5. The number of nitrogens with one attached hydrogen (secondary N) is 1. The third-order valence-corrected chi connectivity index (χ3v) is 4.96. The molecule has 0 unspecified atom stereocenters. The van der Waals surface area contributed by atoms with Crippen LogP contribution in [0.3, 0.4) is 0 Å². The summed E-state index contributed by atoms with van der Waals surface area (Å²) in [7, 11) is 0. The molecule has 0 fully saturated rings. The number of Topliss-reactive ketones (excluding diaryl/α,β-unsaturated/α-hetero) is 1. The molecular formula is C32H63N3O12. The Labute approximate surface area is 282 Å². The second kappa shape index (κ2) is 30.6. The number of rotatable bonds is 13. The number of hydrogen-bond donors (Lipinski definition) is 3. The van der Waals surface area contributed by atoms with Crippen molar-refractivity contribution in [2.45, 2.75) is 90.5 Å². The van der Waals surface area contributed by atoms with Crippen LogP contribution in [0.4, 0.5) is 0 Å². The predicted octanol–water partition coefficient (Wildman–Crippen LogP) is 4.30. The molecule has 2 heterocycles. The molecule has 0 aromatic carbocycles. The van der Waals surface area contributed by atoms with Crippen LogP contribution in [0.2, 0.25) is 0 Å². The first-order valence-electron chi connectivity index (χ1n) is 14.5. The number of hydrogen-bond acceptors (Lipinski definition) is 12. The molecule has 15 heteroatoms. The number of aliphatic imine (C=N–C) groups is 2. The Kier molecular flexibility index (Phi) is 34.2. The van der Waals surface area contributed by atoms with E-state index in [1.165, 1.54) is 0 Å². The van der Waals surface area contributed by atoms with Crippen molar-refractivity contribution in [1.29, 1.82) is 0 Å². The molecule has 0 saturated carbocycles. The van der Waals surface area contributed by atoms with Gasteiger partial charge in [0.25, 0.3) is 17.7 Å². The summed E-state index contributed by atoms with van der Waals surface area (Å²) < 4.78 is 20.0. The average molecular weight is 683 g/mol. The van der Waals surface area contributed by atoms with Crippen molar-refractivity contribution < 1.29 is 59.4 Å². The number of ketones is 1. The van der Waals surface area contributed by atoms with Crippen LogP contribution in [-0.4, -0.2) is 104 Å². The topological polar surface area (TPSA) is 217 Å². The molecular weight excluding hydrogens is 618 g/mol. The SMILES string of the molecule is C.C.C.C1COC(C2=NCCO2)=N1.CC(C)C(=O)O.CC(C)C(=O)O.CC(C)C(=O)OCCCC(=O)C(=O)NCCOC(=O)C(C)C.[2HH]. The van der Waals surface area contributed by atoms with Crippen molar-refractivity contribution in [3.05, 3.63) is 0 Å². The van der Waals surface area contributed by atoms with E-state index in [4.69, 9.17) is 29.2 Å². The van der Waals surface area contributed by atoms with Crippen LogP contribution in [0.25, 0.3) is 0 Å². The maximum Gasteiger partial charge on any atom is 0.308 e. The second-order valence-electron chi connectivity index (χ2n) is 10.5. The molecule has 0 aromatic rings. The summed E-state index contributed by atoms with van der Waals surface area (Å²) in [6.45, 7) is 16.4. The van der Waals surface area contributed by atoms with Gasteiger partial charge in [-0.05, 0) is 6.42 Å². The van der Waals surface area contributed by atoms with E-state index in [1.807, 2.05) is 0 Å². The summed E-state index contributed by atoms with van der Waals surface area (Å²) in [5.74, 6) is -3.23. The van der Waals surface area contributed by atoms with E-state index < -0.39 is 23.6 Å². The first-order chi connectivity index (χ1) is 20.5. The smallest absolute Gasteiger partial charge is 0.308 e. The second-order valence-corrected chi connectivity index (χ2v) is 10.5. The third-order valence-electron chi connectivity index (χ3n) is 4.96. The van der Waals surface area contributed by atoms with Gasteiger partial charge in [0.2, 0.25) is 5.78 Å². The van der Waals surface area contributed by atoms with Gasteiger partial charge in [-0.15, -0.1) is 0 Å². The monoisotopic (exact) mass is 682 g/mol. The van der Waals surface area contributed by atoms with Crippen molar-refractivity contribution in [2.75, 3.05) is 46.1 Å². The van der Waals surface area contributed by atoms with Crippen molar-refractivity contribution in [3.63, 3.8) is 0 Å². The van der Waals surface area contributed by atoms with Gasteiger partial charge in [0.05, 0.1) is 49.9 Å². The van der Waals surface area contributed by atoms with Gasteiger partial charge in [0.15, 0.2) is 0 Å². The maximum atomic E-state index is 11.5. The quantitative estimate of drug-likeness (QED) is 0.141. The van der Waals surface area contributed by atoms with Gasteiger partial charge >= 0.3 is 23.9 Å². The van der Waals surface area contributed by atoms with E-state index in [0.29, 0.717) is 31.4 Å². The minimum Gasteiger partial charge on any atom is -0.481 e. The van der Waals surface area contributed by atoms with E-state index in [1.54, 1.807) is 55.4 Å². The molecule has 47 heavy (non-hydrogen) atoms. The molecule has 3 N–H and O–H groups in total. The minimum absolute atomic E-state index is 0. The van der Waals surface area contributed by atoms with Crippen LogP contribution < -0.4 is 5.32 Å². The van der Waals surface area contributed by atoms with Crippen LogP contribution in [0, 0.1) is 23.7 Å². The molecule has 0 saturated heterocycles. The number of amides is 1. The number of carbonyl (C=O) groups is 6. The summed E-state index contributed by atoms with van der Waals surface area (Å²) in [6.07, 6.45) is 0.302. The Bertz CT molecular complexity index is 919. The van der Waals surface area contributed by atoms with Gasteiger partial charge in [-0.3, -0.25) is 28.8 Å². The zero-order valence-electron chi connectivity index (χ0n) is 27.0. The third kappa shape index (κ3) is 29.1. The Hall–Kier alpha value is -4.04. The molecule has 0 aliphatic carbocycles. The van der Waals surface area contributed by atoms with E-state index in [9.17, 15) is 28.8 Å². The molecule has 0 atom stereocenters. The first kappa shape index (κ1) is 52.5. The van der Waals surface area contributed by atoms with Crippen LogP contribution in [-0.2, 0) is 47.7 Å². The lowest BCUT2D eigenvalue weighted by Gasteiger charge is -2.08. The number of carboxylic acid groups (broad SMARTS) is 2. The molecule has 2 aliphatic heterocycles. The average Bonchev–Trinajstić information content (AvgIpc) is 3.68. The lowest BCUT2D eigenvalue weighted by molar-refractivity contribution is -0.148. The van der Waals surface area contributed by atoms with Crippen molar-refractivity contribution in [3.8, 4) is 0 Å². The highest BCUT2D eigenvalue weighted by Crippen LogP contribution is 2.02. The lowest BCUT2D eigenvalue weighted by atomic mass is 10.2. The largest absolute Gasteiger partial charge is 0.481 e. The van der Waals surface area contributed by atoms with Crippen LogP contribution in [0.5, 0.6) is 0 Å². The van der Waals surface area contributed by atoms with E-state index >= 15 is 0 Å². The molecule has 0 bridgehead atoms. The summed E-state index contributed by atoms with van der Waals surface area (Å²) in [5.41, 5.74) is 0. The molecule has 1 amide bonds. The number of carboxylic acids is 2. The van der Waals surface area contributed by atoms with Gasteiger partial charge in [-0.25, -0.2) is 9.98 Å². The number of ether oxygens (including phenoxy) is 4. The fourth-order valence-electron chi connectivity index (χ4n) is 2.20. The fourth-order valence-corrected chi connectivity index (χ4v) is 2.20. The van der Waals surface area contributed by atoms with Gasteiger partial charge in [-0.1, -0.05) is 77.7 Å². The number of nitrogens with zero attached hydrogens (tertiary/aromatic N) is 2. The van der Waals surface area contributed by atoms with Crippen LogP contribution in [0.1, 0.15) is 91.9 Å². The van der Waals surface area contributed by atoms with E-state index in [0.717, 1.165) is 13.1 Å². The minimum atomic E-state index is -0.741. The van der Waals surface area contributed by atoms with E-state index in [-0.39, 0.29) is 85.5 Å². The Balaban J connectivity index is -0.000000140. The normalized spacial score (nSPS) is 12.2. The Morgan fingerprint density at radius 2 is 1.06 bits per heavy atom. The van der Waals surface area contributed by atoms with Crippen LogP contribution in [0.15, 0.2) is 9.98 Å². The predicted molar refractivity (Wildman–Crippen MR) is 183 cm³/mol. The number of aliphatic carboxylic acids is 2. The van der Waals surface area contributed by atoms with Crippen molar-refractivity contribution in [2.24, 2.45) is 33.7 Å². The molecule has 15 nitrogen and oxygen atoms in total. The fraction of sp³-hybridized carbons (Fsp3) is 0.750. The molecule has 2 rings (SSSR count). The molecule has 0 spiro atoms. The van der Waals surface area contributed by atoms with Gasteiger partial charge < -0.3 is 34.5 Å². The summed E-state index contributed by atoms with van der Waals surface area (Å²) in [5, 5.41) is 18.4. The maximum absolute atomic E-state index is 11.5. The lowest BCUT2D eigenvalue weighted by Crippen LogP contribution is -2.34. The summed E-state index contributed by atoms with van der Waals surface area (Å²) in [6, 6.07) is 0. The molecule has 278 valence electrons. The molecule has 0 radical (unpaired) electrons.